The Morgan fingerprint density at radius 3 is 2.62 bits per heavy atom. The number of fused-ring (bicyclic) bond motifs is 1. The first kappa shape index (κ1) is 13.9. The third kappa shape index (κ3) is 2.26. The van der Waals surface area contributed by atoms with E-state index in [1.165, 1.54) is 6.42 Å². The van der Waals surface area contributed by atoms with Crippen LogP contribution in [0.3, 0.4) is 0 Å². The lowest BCUT2D eigenvalue weighted by molar-refractivity contribution is 0.0683. The zero-order valence-electron chi connectivity index (χ0n) is 12.8. The molecule has 3 rings (SSSR count). The highest BCUT2D eigenvalue weighted by atomic mass is 16.2. The summed E-state index contributed by atoms with van der Waals surface area (Å²) in [6.07, 6.45) is 2.26. The molecule has 1 aromatic carbocycles. The maximum atomic E-state index is 12.6. The summed E-state index contributed by atoms with van der Waals surface area (Å²) in [4.78, 5) is 26.5. The van der Waals surface area contributed by atoms with E-state index in [2.05, 4.69) is 6.92 Å². The van der Waals surface area contributed by atoms with E-state index in [0.717, 1.165) is 30.5 Å². The van der Waals surface area contributed by atoms with Gasteiger partial charge < -0.3 is 4.90 Å². The van der Waals surface area contributed by atoms with Crippen molar-refractivity contribution in [3.8, 4) is 0 Å². The maximum absolute atomic E-state index is 12.6. The zero-order chi connectivity index (χ0) is 15.1. The number of hydrogen-bond acceptors (Lipinski definition) is 2. The average Bonchev–Trinajstić information content (AvgIpc) is 2.71. The van der Waals surface area contributed by atoms with Crippen LogP contribution in [0.2, 0.25) is 0 Å². The van der Waals surface area contributed by atoms with E-state index >= 15 is 0 Å². The minimum atomic E-state index is -0.0683. The lowest BCUT2D eigenvalue weighted by atomic mass is 9.99. The number of carbonyl (C=O) groups excluding carboxylic acids is 1. The highest BCUT2D eigenvalue weighted by Gasteiger charge is 2.22. The van der Waals surface area contributed by atoms with Gasteiger partial charge in [0.25, 0.3) is 5.91 Å². The first-order chi connectivity index (χ1) is 9.99. The molecule has 1 unspecified atom stereocenters. The molecular formula is C16H21N3O2. The molecule has 1 atom stereocenters. The van der Waals surface area contributed by atoms with Crippen molar-refractivity contribution in [2.45, 2.75) is 19.8 Å². The Kier molecular flexibility index (Phi) is 3.35. The van der Waals surface area contributed by atoms with E-state index < -0.39 is 0 Å². The molecule has 0 N–H and O–H groups in total. The fraction of sp³-hybridized carbons (Fsp3) is 0.500. The number of imidazole rings is 1. The predicted molar refractivity (Wildman–Crippen MR) is 82.5 cm³/mol. The fourth-order valence-electron chi connectivity index (χ4n) is 3.20. The molecule has 1 amide bonds. The van der Waals surface area contributed by atoms with Crippen molar-refractivity contribution in [1.29, 1.82) is 0 Å². The Balaban J connectivity index is 1.99. The van der Waals surface area contributed by atoms with Crippen LogP contribution < -0.4 is 5.69 Å². The van der Waals surface area contributed by atoms with Crippen LogP contribution in [0.25, 0.3) is 11.0 Å². The van der Waals surface area contributed by atoms with Gasteiger partial charge in [-0.3, -0.25) is 13.9 Å². The quantitative estimate of drug-likeness (QED) is 0.802. The van der Waals surface area contributed by atoms with Gasteiger partial charge in [-0.15, -0.1) is 0 Å². The molecule has 1 saturated heterocycles. The highest BCUT2D eigenvalue weighted by Crippen LogP contribution is 2.20. The summed E-state index contributed by atoms with van der Waals surface area (Å²) in [6.45, 7) is 3.84. The third-order valence-corrected chi connectivity index (χ3v) is 4.46. The Morgan fingerprint density at radius 2 is 1.90 bits per heavy atom. The lowest BCUT2D eigenvalue weighted by Gasteiger charge is -2.31. The van der Waals surface area contributed by atoms with Gasteiger partial charge in [-0.1, -0.05) is 6.92 Å². The number of piperidine rings is 1. The maximum Gasteiger partial charge on any atom is 0.328 e. The molecule has 0 radical (unpaired) electrons. The van der Waals surface area contributed by atoms with Crippen molar-refractivity contribution in [2.24, 2.45) is 20.0 Å². The van der Waals surface area contributed by atoms with Crippen molar-refractivity contribution in [1.82, 2.24) is 14.0 Å². The second-order valence-corrected chi connectivity index (χ2v) is 6.10. The van der Waals surface area contributed by atoms with Crippen molar-refractivity contribution in [3.63, 3.8) is 0 Å². The number of rotatable bonds is 1. The van der Waals surface area contributed by atoms with Gasteiger partial charge in [0.2, 0.25) is 0 Å². The number of likely N-dealkylation sites (tertiary alicyclic amines) is 1. The smallest absolute Gasteiger partial charge is 0.328 e. The Bertz CT molecular complexity index is 757. The Hall–Kier alpha value is -2.04. The van der Waals surface area contributed by atoms with Crippen LogP contribution in [0, 0.1) is 5.92 Å². The van der Waals surface area contributed by atoms with Gasteiger partial charge in [0.1, 0.15) is 0 Å². The normalized spacial score (nSPS) is 19.2. The molecule has 0 saturated carbocycles. The number of aromatic nitrogens is 2. The van der Waals surface area contributed by atoms with Crippen LogP contribution in [0.4, 0.5) is 0 Å². The molecule has 1 fully saturated rings. The molecule has 1 aliphatic heterocycles. The number of hydrogen-bond donors (Lipinski definition) is 0. The molecule has 0 spiro atoms. The first-order valence-electron chi connectivity index (χ1n) is 7.44. The van der Waals surface area contributed by atoms with Crippen molar-refractivity contribution in [3.05, 3.63) is 34.2 Å². The molecule has 0 aliphatic carbocycles. The van der Waals surface area contributed by atoms with Gasteiger partial charge >= 0.3 is 5.69 Å². The predicted octanol–water partition coefficient (Wildman–Crippen LogP) is 1.75. The Labute approximate surface area is 123 Å². The minimum Gasteiger partial charge on any atom is -0.338 e. The summed E-state index contributed by atoms with van der Waals surface area (Å²) < 4.78 is 3.19. The lowest BCUT2D eigenvalue weighted by Crippen LogP contribution is -2.39. The molecule has 2 aromatic rings. The number of amides is 1. The molecule has 1 aliphatic rings. The molecule has 112 valence electrons. The van der Waals surface area contributed by atoms with E-state index in [0.29, 0.717) is 11.5 Å². The van der Waals surface area contributed by atoms with Crippen LogP contribution in [0.1, 0.15) is 30.1 Å². The summed E-state index contributed by atoms with van der Waals surface area (Å²) in [5, 5.41) is 0. The van der Waals surface area contributed by atoms with Crippen molar-refractivity contribution in [2.75, 3.05) is 13.1 Å². The highest BCUT2D eigenvalue weighted by molar-refractivity contribution is 5.97. The van der Waals surface area contributed by atoms with Crippen molar-refractivity contribution < 1.29 is 4.79 Å². The van der Waals surface area contributed by atoms with E-state index in [4.69, 9.17) is 0 Å². The molecule has 21 heavy (non-hydrogen) atoms. The molecule has 5 nitrogen and oxygen atoms in total. The van der Waals surface area contributed by atoms with Crippen LogP contribution in [0.5, 0.6) is 0 Å². The summed E-state index contributed by atoms with van der Waals surface area (Å²) in [5.41, 5.74) is 2.25. The van der Waals surface area contributed by atoms with E-state index in [1.807, 2.05) is 23.1 Å². The number of aryl methyl sites for hydroxylation is 2. The largest absolute Gasteiger partial charge is 0.338 e. The van der Waals surface area contributed by atoms with Gasteiger partial charge in [0.15, 0.2) is 0 Å². The third-order valence-electron chi connectivity index (χ3n) is 4.46. The molecule has 2 heterocycles. The van der Waals surface area contributed by atoms with E-state index in [-0.39, 0.29) is 11.6 Å². The fourth-order valence-corrected chi connectivity index (χ4v) is 3.20. The summed E-state index contributed by atoms with van der Waals surface area (Å²) in [7, 11) is 3.49. The number of benzene rings is 1. The average molecular weight is 287 g/mol. The molecule has 5 heteroatoms. The Morgan fingerprint density at radius 1 is 1.19 bits per heavy atom. The standard InChI is InChI=1S/C16H21N3O2/c1-11-5-4-8-19(10-11)15(20)12-6-7-13-14(9-12)18(3)16(21)17(13)2/h6-7,9,11H,4-5,8,10H2,1-3H3. The van der Waals surface area contributed by atoms with Gasteiger partial charge in [0, 0.05) is 32.7 Å². The number of carbonyl (C=O) groups is 1. The molecule has 1 aromatic heterocycles. The zero-order valence-corrected chi connectivity index (χ0v) is 12.8. The summed E-state index contributed by atoms with van der Waals surface area (Å²) >= 11 is 0. The summed E-state index contributed by atoms with van der Waals surface area (Å²) in [5.74, 6) is 0.632. The molecular weight excluding hydrogens is 266 g/mol. The molecule has 0 bridgehead atoms. The van der Waals surface area contributed by atoms with Crippen LogP contribution in [-0.4, -0.2) is 33.0 Å². The SMILES string of the molecule is CC1CCCN(C(=O)c2ccc3c(c2)n(C)c(=O)n3C)C1. The van der Waals surface area contributed by atoms with Crippen LogP contribution in [-0.2, 0) is 14.1 Å². The second-order valence-electron chi connectivity index (χ2n) is 6.10. The van der Waals surface area contributed by atoms with Gasteiger partial charge in [0.05, 0.1) is 11.0 Å². The van der Waals surface area contributed by atoms with Crippen molar-refractivity contribution >= 4 is 16.9 Å². The number of nitrogens with zero attached hydrogens (tertiary/aromatic N) is 3. The second kappa shape index (κ2) is 5.06. The first-order valence-corrected chi connectivity index (χ1v) is 7.44. The minimum absolute atomic E-state index is 0.0683. The van der Waals surface area contributed by atoms with Crippen LogP contribution >= 0.6 is 0 Å². The van der Waals surface area contributed by atoms with E-state index in [9.17, 15) is 9.59 Å². The van der Waals surface area contributed by atoms with E-state index in [1.54, 1.807) is 23.2 Å². The monoisotopic (exact) mass is 287 g/mol. The van der Waals surface area contributed by atoms with Gasteiger partial charge in [-0.25, -0.2) is 4.79 Å². The van der Waals surface area contributed by atoms with Gasteiger partial charge in [-0.05, 0) is 37.0 Å². The summed E-state index contributed by atoms with van der Waals surface area (Å²) in [6, 6.07) is 5.51. The van der Waals surface area contributed by atoms with Gasteiger partial charge in [-0.2, -0.15) is 0 Å². The van der Waals surface area contributed by atoms with Crippen LogP contribution in [0.15, 0.2) is 23.0 Å². The topological polar surface area (TPSA) is 47.2 Å².